The van der Waals surface area contributed by atoms with Gasteiger partial charge in [0.05, 0.1) is 11.0 Å². The van der Waals surface area contributed by atoms with Gasteiger partial charge in [-0.3, -0.25) is 0 Å². The van der Waals surface area contributed by atoms with Gasteiger partial charge in [0.2, 0.25) is 0 Å². The summed E-state index contributed by atoms with van der Waals surface area (Å²) in [5, 5.41) is 5.78. The zero-order valence-corrected chi connectivity index (χ0v) is 12.3. The number of nitrogens with one attached hydrogen (secondary N) is 1. The summed E-state index contributed by atoms with van der Waals surface area (Å²) in [6.45, 7) is 8.34. The lowest BCUT2D eigenvalue weighted by Crippen LogP contribution is -2.49. The number of aryl methyl sites for hydroxylation is 2. The first-order chi connectivity index (χ1) is 9.70. The Balaban J connectivity index is 2.17. The van der Waals surface area contributed by atoms with E-state index in [2.05, 4.69) is 34.9 Å². The predicted octanol–water partition coefficient (Wildman–Crippen LogP) is 1.42. The van der Waals surface area contributed by atoms with E-state index in [-0.39, 0.29) is 0 Å². The quantitative estimate of drug-likeness (QED) is 0.830. The molecule has 20 heavy (non-hydrogen) atoms. The van der Waals surface area contributed by atoms with Crippen LogP contribution in [0.15, 0.2) is 12.1 Å². The molecule has 3 rings (SSSR count). The molecule has 0 atom stereocenters. The number of fused-ring (bicyclic) bond motifs is 1. The first kappa shape index (κ1) is 13.2. The largest absolute Gasteiger partial charge is 0.399 e. The van der Waals surface area contributed by atoms with E-state index in [0.717, 1.165) is 67.1 Å². The topological polar surface area (TPSA) is 59.1 Å². The minimum atomic E-state index is 0.814. The summed E-state index contributed by atoms with van der Waals surface area (Å²) in [6, 6.07) is 4.06. The number of piperazine rings is 1. The molecule has 3 N–H and O–H groups in total. The number of nitrogen functional groups attached to an aromatic ring is 1. The van der Waals surface area contributed by atoms with Gasteiger partial charge in [0.1, 0.15) is 5.82 Å². The maximum Gasteiger partial charge on any atom is 0.128 e. The van der Waals surface area contributed by atoms with E-state index in [4.69, 9.17) is 10.7 Å². The van der Waals surface area contributed by atoms with Crippen LogP contribution in [0.3, 0.4) is 0 Å². The van der Waals surface area contributed by atoms with E-state index < -0.39 is 0 Å². The Labute approximate surface area is 119 Å². The molecule has 0 bridgehead atoms. The van der Waals surface area contributed by atoms with E-state index in [1.807, 2.05) is 6.07 Å². The summed E-state index contributed by atoms with van der Waals surface area (Å²) >= 11 is 0. The van der Waals surface area contributed by atoms with Crippen molar-refractivity contribution in [2.45, 2.75) is 26.7 Å². The smallest absolute Gasteiger partial charge is 0.128 e. The van der Waals surface area contributed by atoms with Crippen LogP contribution in [0.25, 0.3) is 11.0 Å². The van der Waals surface area contributed by atoms with Gasteiger partial charge in [0, 0.05) is 38.3 Å². The maximum atomic E-state index is 6.03. The number of aromatic nitrogens is 2. The Morgan fingerprint density at radius 1 is 1.30 bits per heavy atom. The highest BCUT2D eigenvalue weighted by Crippen LogP contribution is 2.24. The van der Waals surface area contributed by atoms with Crippen LogP contribution in [0.1, 0.15) is 24.7 Å². The van der Waals surface area contributed by atoms with Crippen LogP contribution >= 0.6 is 0 Å². The van der Waals surface area contributed by atoms with Crippen molar-refractivity contribution in [3.8, 4) is 0 Å². The van der Waals surface area contributed by atoms with Gasteiger partial charge in [-0.05, 0) is 31.0 Å². The minimum absolute atomic E-state index is 0.814. The highest BCUT2D eigenvalue weighted by molar-refractivity contribution is 5.83. The summed E-state index contributed by atoms with van der Waals surface area (Å²) in [5.41, 5.74) is 10.2. The van der Waals surface area contributed by atoms with Crippen molar-refractivity contribution < 1.29 is 0 Å². The summed E-state index contributed by atoms with van der Waals surface area (Å²) in [7, 11) is 0. The first-order valence-corrected chi connectivity index (χ1v) is 7.44. The number of benzene rings is 1. The number of anilines is 1. The van der Waals surface area contributed by atoms with Gasteiger partial charge in [-0.1, -0.05) is 6.92 Å². The Morgan fingerprint density at radius 2 is 2.05 bits per heavy atom. The van der Waals surface area contributed by atoms with Crippen molar-refractivity contribution in [2.75, 3.05) is 36.9 Å². The lowest BCUT2D eigenvalue weighted by atomic mass is 10.2. The monoisotopic (exact) mass is 273 g/mol. The number of nitrogens with zero attached hydrogens (tertiary/aromatic N) is 3. The second-order valence-corrected chi connectivity index (χ2v) is 5.50. The molecule has 5 heteroatoms. The van der Waals surface area contributed by atoms with E-state index in [1.54, 1.807) is 0 Å². The van der Waals surface area contributed by atoms with Crippen LogP contribution in [0, 0.1) is 6.92 Å². The van der Waals surface area contributed by atoms with Gasteiger partial charge in [0.15, 0.2) is 0 Å². The SMILES string of the molecule is CCCc1nc2c(C)cc(N)cc2n1N1CCNCC1. The van der Waals surface area contributed by atoms with Crippen molar-refractivity contribution in [2.24, 2.45) is 0 Å². The van der Waals surface area contributed by atoms with Crippen molar-refractivity contribution in [1.29, 1.82) is 0 Å². The van der Waals surface area contributed by atoms with Gasteiger partial charge >= 0.3 is 0 Å². The van der Waals surface area contributed by atoms with Gasteiger partial charge in [0.25, 0.3) is 0 Å². The normalized spacial score (nSPS) is 16.0. The summed E-state index contributed by atoms with van der Waals surface area (Å²) < 4.78 is 2.29. The molecule has 2 aromatic rings. The summed E-state index contributed by atoms with van der Waals surface area (Å²) in [6.07, 6.45) is 2.10. The molecule has 0 radical (unpaired) electrons. The Morgan fingerprint density at radius 3 is 2.75 bits per heavy atom. The fourth-order valence-electron chi connectivity index (χ4n) is 2.96. The number of hydrogen-bond donors (Lipinski definition) is 2. The summed E-state index contributed by atoms with van der Waals surface area (Å²) in [5.74, 6) is 1.15. The van der Waals surface area contributed by atoms with Crippen LogP contribution in [0.2, 0.25) is 0 Å². The highest BCUT2D eigenvalue weighted by Gasteiger charge is 2.19. The number of nitrogens with two attached hydrogens (primary N) is 1. The van der Waals surface area contributed by atoms with Crippen molar-refractivity contribution in [3.63, 3.8) is 0 Å². The van der Waals surface area contributed by atoms with Gasteiger partial charge in [-0.15, -0.1) is 0 Å². The van der Waals surface area contributed by atoms with E-state index >= 15 is 0 Å². The molecular formula is C15H23N5. The second-order valence-electron chi connectivity index (χ2n) is 5.50. The maximum absolute atomic E-state index is 6.03. The van der Waals surface area contributed by atoms with Crippen LogP contribution in [0.5, 0.6) is 0 Å². The Hall–Kier alpha value is -1.75. The zero-order chi connectivity index (χ0) is 14.1. The lowest BCUT2D eigenvalue weighted by Gasteiger charge is -2.32. The van der Waals surface area contributed by atoms with E-state index in [9.17, 15) is 0 Å². The van der Waals surface area contributed by atoms with Crippen LogP contribution in [-0.2, 0) is 6.42 Å². The van der Waals surface area contributed by atoms with Crippen molar-refractivity contribution in [3.05, 3.63) is 23.5 Å². The van der Waals surface area contributed by atoms with Crippen molar-refractivity contribution >= 4 is 16.7 Å². The lowest BCUT2D eigenvalue weighted by molar-refractivity contribution is 0.486. The molecule has 0 amide bonds. The summed E-state index contributed by atoms with van der Waals surface area (Å²) in [4.78, 5) is 4.86. The molecule has 1 aromatic carbocycles. The Kier molecular flexibility index (Phi) is 3.53. The van der Waals surface area contributed by atoms with Gasteiger partial charge in [-0.2, -0.15) is 0 Å². The van der Waals surface area contributed by atoms with E-state index in [0.29, 0.717) is 0 Å². The molecule has 5 nitrogen and oxygen atoms in total. The third kappa shape index (κ3) is 2.22. The third-order valence-electron chi connectivity index (χ3n) is 3.87. The molecule has 2 heterocycles. The van der Waals surface area contributed by atoms with Crippen LogP contribution in [-0.4, -0.2) is 35.8 Å². The molecule has 0 unspecified atom stereocenters. The molecule has 1 saturated heterocycles. The van der Waals surface area contributed by atoms with Crippen LogP contribution < -0.4 is 16.1 Å². The second kappa shape index (κ2) is 5.32. The first-order valence-electron chi connectivity index (χ1n) is 7.44. The van der Waals surface area contributed by atoms with Gasteiger partial charge in [-0.25, -0.2) is 9.66 Å². The molecular weight excluding hydrogens is 250 g/mol. The van der Waals surface area contributed by atoms with Crippen LogP contribution in [0.4, 0.5) is 5.69 Å². The number of imidazole rings is 1. The molecule has 0 aliphatic carbocycles. The standard InChI is InChI=1S/C15H23N5/c1-3-4-14-18-15-11(2)9-12(16)10-13(15)20(14)19-7-5-17-6-8-19/h9-10,17H,3-8,16H2,1-2H3. The van der Waals surface area contributed by atoms with Gasteiger partial charge < -0.3 is 16.1 Å². The highest BCUT2D eigenvalue weighted by atomic mass is 15.6. The third-order valence-corrected chi connectivity index (χ3v) is 3.87. The van der Waals surface area contributed by atoms with Crippen molar-refractivity contribution in [1.82, 2.24) is 15.0 Å². The molecule has 1 aromatic heterocycles. The molecule has 1 aliphatic heterocycles. The number of rotatable bonds is 3. The Bertz CT molecular complexity index is 610. The fourth-order valence-corrected chi connectivity index (χ4v) is 2.96. The molecule has 108 valence electrons. The molecule has 0 spiro atoms. The average Bonchev–Trinajstić information content (AvgIpc) is 2.79. The minimum Gasteiger partial charge on any atom is -0.399 e. The molecule has 1 aliphatic rings. The fraction of sp³-hybridized carbons (Fsp3) is 0.533. The zero-order valence-electron chi connectivity index (χ0n) is 12.3. The molecule has 0 saturated carbocycles. The average molecular weight is 273 g/mol. The van der Waals surface area contributed by atoms with E-state index in [1.165, 1.54) is 0 Å². The molecule has 1 fully saturated rings. The predicted molar refractivity (Wildman–Crippen MR) is 83.7 cm³/mol. The number of hydrogen-bond acceptors (Lipinski definition) is 4.